The third-order valence-electron chi connectivity index (χ3n) is 7.65. The van der Waals surface area contributed by atoms with Crippen molar-refractivity contribution in [3.05, 3.63) is 0 Å². The molecule has 1 aliphatic carbocycles. The van der Waals surface area contributed by atoms with Crippen molar-refractivity contribution in [2.45, 2.75) is 141 Å². The molecule has 0 bridgehead atoms. The minimum absolute atomic E-state index is 0.463. The number of hydrogen-bond donors (Lipinski definition) is 2. The molecule has 1 saturated heterocycles. The summed E-state index contributed by atoms with van der Waals surface area (Å²) in [5.41, 5.74) is 0. The largest absolute Gasteiger partial charge is 0.481 e. The number of carbonyl (C=O) groups is 1. The van der Waals surface area contributed by atoms with E-state index in [1.54, 1.807) is 0 Å². The molecule has 1 heterocycles. The Balaban J connectivity index is 1.50. The number of hydrogen-bond acceptors (Lipinski definition) is 3. The van der Waals surface area contributed by atoms with Gasteiger partial charge < -0.3 is 14.9 Å². The Hall–Kier alpha value is -0.610. The second-order valence-electron chi connectivity index (χ2n) is 10.2. The first-order valence-electron chi connectivity index (χ1n) is 13.1. The number of carboxylic acids is 1. The summed E-state index contributed by atoms with van der Waals surface area (Å²) in [6.07, 6.45) is 19.8. The van der Waals surface area contributed by atoms with Crippen LogP contribution in [0, 0.1) is 17.8 Å². The van der Waals surface area contributed by atoms with Crippen LogP contribution < -0.4 is 0 Å². The van der Waals surface area contributed by atoms with E-state index in [-0.39, 0.29) is 0 Å². The van der Waals surface area contributed by atoms with Gasteiger partial charge >= 0.3 is 5.97 Å². The topological polar surface area (TPSA) is 70.1 Å². The fraction of sp³-hybridized carbons (Fsp3) is 0.962. The molecule has 0 aromatic heterocycles. The van der Waals surface area contributed by atoms with Crippen molar-refractivity contribution in [3.63, 3.8) is 0 Å². The third kappa shape index (κ3) is 9.68. The van der Waals surface area contributed by atoms with Crippen molar-refractivity contribution in [2.75, 3.05) is 0 Å². The van der Waals surface area contributed by atoms with Crippen LogP contribution in [0.4, 0.5) is 0 Å². The summed E-state index contributed by atoms with van der Waals surface area (Å²) in [7, 11) is 0. The highest BCUT2D eigenvalue weighted by molar-refractivity contribution is 5.70. The zero-order valence-electron chi connectivity index (χ0n) is 19.7. The van der Waals surface area contributed by atoms with Gasteiger partial charge in [0, 0.05) is 0 Å². The van der Waals surface area contributed by atoms with Gasteiger partial charge in [-0.05, 0) is 37.5 Å². The molecule has 30 heavy (non-hydrogen) atoms. The first kappa shape index (κ1) is 25.6. The average molecular weight is 425 g/mol. The number of epoxide rings is 1. The number of ether oxygens (including phenoxy) is 1. The van der Waals surface area contributed by atoms with Crippen LogP contribution in [-0.4, -0.2) is 34.5 Å². The molecule has 0 radical (unpaired) electrons. The molecule has 2 aliphatic rings. The monoisotopic (exact) mass is 424 g/mol. The van der Waals surface area contributed by atoms with Crippen LogP contribution in [-0.2, 0) is 9.53 Å². The van der Waals surface area contributed by atoms with Gasteiger partial charge in [0.15, 0.2) is 0 Å². The summed E-state index contributed by atoms with van der Waals surface area (Å²) >= 11 is 0. The number of unbranched alkanes of at least 4 members (excludes halogenated alkanes) is 7. The number of rotatable bonds is 17. The molecule has 2 N–H and O–H groups in total. The van der Waals surface area contributed by atoms with E-state index in [9.17, 15) is 15.0 Å². The highest BCUT2D eigenvalue weighted by Gasteiger charge is 2.37. The Labute approximate surface area is 185 Å². The summed E-state index contributed by atoms with van der Waals surface area (Å²) in [5.74, 6) is -0.353. The second kappa shape index (κ2) is 14.5. The maximum absolute atomic E-state index is 11.7. The predicted molar refractivity (Wildman–Crippen MR) is 123 cm³/mol. The van der Waals surface area contributed by atoms with Gasteiger partial charge in [-0.2, -0.15) is 0 Å². The maximum atomic E-state index is 11.7. The van der Waals surface area contributed by atoms with Crippen molar-refractivity contribution in [2.24, 2.45) is 17.8 Å². The molecule has 2 rings (SSSR count). The predicted octanol–water partition coefficient (Wildman–Crippen LogP) is 6.73. The van der Waals surface area contributed by atoms with Gasteiger partial charge in [0.05, 0.1) is 24.2 Å². The van der Waals surface area contributed by atoms with Gasteiger partial charge in [-0.1, -0.05) is 97.3 Å². The number of aliphatic hydroxyl groups excluding tert-OH is 1. The molecule has 1 aliphatic heterocycles. The summed E-state index contributed by atoms with van der Waals surface area (Å²) in [5, 5.41) is 20.2. The molecule has 1 saturated carbocycles. The zero-order chi connectivity index (χ0) is 21.8. The van der Waals surface area contributed by atoms with E-state index in [4.69, 9.17) is 4.74 Å². The molecule has 6 atom stereocenters. The van der Waals surface area contributed by atoms with Crippen LogP contribution in [0.5, 0.6) is 0 Å². The maximum Gasteiger partial charge on any atom is 0.309 e. The van der Waals surface area contributed by atoms with E-state index in [0.717, 1.165) is 32.1 Å². The van der Waals surface area contributed by atoms with Gasteiger partial charge in [-0.15, -0.1) is 0 Å². The molecule has 4 nitrogen and oxygen atoms in total. The minimum atomic E-state index is -0.816. The van der Waals surface area contributed by atoms with Gasteiger partial charge in [0.1, 0.15) is 0 Å². The number of aliphatic carboxylic acids is 1. The normalized spacial score (nSPS) is 28.2. The summed E-state index contributed by atoms with van der Waals surface area (Å²) in [6, 6.07) is 0. The molecular weight excluding hydrogens is 376 g/mol. The van der Waals surface area contributed by atoms with E-state index < -0.39 is 18.0 Å². The zero-order valence-corrected chi connectivity index (χ0v) is 19.7. The lowest BCUT2D eigenvalue weighted by Gasteiger charge is -2.32. The first-order chi connectivity index (χ1) is 14.5. The van der Waals surface area contributed by atoms with Crippen molar-refractivity contribution in [1.82, 2.24) is 0 Å². The van der Waals surface area contributed by atoms with Crippen LogP contribution in [0.15, 0.2) is 0 Å². The fourth-order valence-corrected chi connectivity index (χ4v) is 5.38. The molecule has 0 spiro atoms. The quantitative estimate of drug-likeness (QED) is 0.200. The van der Waals surface area contributed by atoms with E-state index in [2.05, 4.69) is 13.8 Å². The van der Waals surface area contributed by atoms with Crippen molar-refractivity contribution >= 4 is 5.97 Å². The van der Waals surface area contributed by atoms with E-state index in [1.165, 1.54) is 64.2 Å². The van der Waals surface area contributed by atoms with Gasteiger partial charge in [0.25, 0.3) is 0 Å². The van der Waals surface area contributed by atoms with Crippen molar-refractivity contribution in [1.29, 1.82) is 0 Å². The van der Waals surface area contributed by atoms with Gasteiger partial charge in [-0.25, -0.2) is 0 Å². The SMILES string of the molecule is CCCCCCCCC1OC1CCCCCC(O)C(CC1CCCCC1C)C(=O)O. The molecule has 0 aromatic rings. The molecule has 4 heteroatoms. The summed E-state index contributed by atoms with van der Waals surface area (Å²) in [6.45, 7) is 4.50. The number of aliphatic hydroxyl groups is 1. The van der Waals surface area contributed by atoms with Crippen molar-refractivity contribution < 1.29 is 19.7 Å². The van der Waals surface area contributed by atoms with Crippen molar-refractivity contribution in [3.8, 4) is 0 Å². The summed E-state index contributed by atoms with van der Waals surface area (Å²) in [4.78, 5) is 11.7. The highest BCUT2D eigenvalue weighted by Crippen LogP contribution is 2.36. The lowest BCUT2D eigenvalue weighted by molar-refractivity contribution is -0.147. The van der Waals surface area contributed by atoms with Crippen LogP contribution in [0.1, 0.15) is 123 Å². The average Bonchev–Trinajstić information content (AvgIpc) is 3.47. The second-order valence-corrected chi connectivity index (χ2v) is 10.2. The van der Waals surface area contributed by atoms with E-state index in [1.807, 2.05) is 0 Å². The molecule has 2 fully saturated rings. The molecule has 176 valence electrons. The Kier molecular flexibility index (Phi) is 12.4. The smallest absolute Gasteiger partial charge is 0.309 e. The van der Waals surface area contributed by atoms with Crippen LogP contribution >= 0.6 is 0 Å². The lowest BCUT2D eigenvalue weighted by Crippen LogP contribution is -2.32. The molecular formula is C26H48O4. The molecule has 6 unspecified atom stereocenters. The Morgan fingerprint density at radius 2 is 1.53 bits per heavy atom. The third-order valence-corrected chi connectivity index (χ3v) is 7.65. The van der Waals surface area contributed by atoms with E-state index >= 15 is 0 Å². The first-order valence-corrected chi connectivity index (χ1v) is 13.1. The Morgan fingerprint density at radius 1 is 0.933 bits per heavy atom. The highest BCUT2D eigenvalue weighted by atomic mass is 16.6. The van der Waals surface area contributed by atoms with Gasteiger partial charge in [0.2, 0.25) is 0 Å². The van der Waals surface area contributed by atoms with Crippen LogP contribution in [0.3, 0.4) is 0 Å². The molecule has 0 aromatic carbocycles. The molecule has 0 amide bonds. The lowest BCUT2D eigenvalue weighted by atomic mass is 9.74. The summed E-state index contributed by atoms with van der Waals surface area (Å²) < 4.78 is 5.81. The fourth-order valence-electron chi connectivity index (χ4n) is 5.38. The van der Waals surface area contributed by atoms with Gasteiger partial charge in [-0.3, -0.25) is 4.79 Å². The Morgan fingerprint density at radius 3 is 2.17 bits per heavy atom. The Bertz CT molecular complexity index is 466. The minimum Gasteiger partial charge on any atom is -0.481 e. The van der Waals surface area contributed by atoms with E-state index in [0.29, 0.717) is 36.9 Å². The van der Waals surface area contributed by atoms with Crippen LogP contribution in [0.2, 0.25) is 0 Å². The standard InChI is InChI=1S/C26H48O4/c1-3-4-5-6-7-10-17-24-25(30-24)18-11-8-9-16-23(27)22(26(28)29)19-21-15-13-12-14-20(21)2/h20-25,27H,3-19H2,1-2H3,(H,28,29). The van der Waals surface area contributed by atoms with Crippen LogP contribution in [0.25, 0.3) is 0 Å². The number of carboxylic acid groups (broad SMARTS) is 1.